The maximum absolute atomic E-state index is 12.5. The molecule has 0 spiro atoms. The van der Waals surface area contributed by atoms with Crippen molar-refractivity contribution in [3.05, 3.63) is 46.6 Å². The van der Waals surface area contributed by atoms with Crippen LogP contribution in [-0.4, -0.2) is 36.1 Å². The number of nitrogens with zero attached hydrogens (tertiary/aromatic N) is 2. The molecule has 0 radical (unpaired) electrons. The van der Waals surface area contributed by atoms with Crippen molar-refractivity contribution in [3.8, 4) is 11.3 Å². The number of hydrogen-bond donors (Lipinski definition) is 0. The molecule has 2 aliphatic rings. The summed E-state index contributed by atoms with van der Waals surface area (Å²) < 4.78 is 34.1. The highest BCUT2D eigenvalue weighted by atomic mass is 32.2. The molecule has 134 valence electrons. The van der Waals surface area contributed by atoms with Crippen LogP contribution in [0.15, 0.2) is 39.7 Å². The molecule has 0 saturated carbocycles. The first kappa shape index (κ1) is 16.6. The Balaban J connectivity index is 1.79. The number of fused-ring (bicyclic) bond motifs is 4. The monoisotopic (exact) mass is 362 g/mol. The molecule has 0 aliphatic carbocycles. The Labute approximate surface area is 147 Å². The smallest absolute Gasteiger partial charge is 0.250 e. The lowest BCUT2D eigenvalue weighted by Crippen LogP contribution is -2.49. The van der Waals surface area contributed by atoms with Crippen molar-refractivity contribution in [2.45, 2.75) is 32.2 Å². The van der Waals surface area contributed by atoms with Crippen LogP contribution in [0.4, 0.5) is 0 Å². The van der Waals surface area contributed by atoms with Gasteiger partial charge in [-0.05, 0) is 37.0 Å². The molecule has 2 aromatic heterocycles. The van der Waals surface area contributed by atoms with E-state index in [1.165, 1.54) is 0 Å². The van der Waals surface area contributed by atoms with Crippen molar-refractivity contribution in [1.82, 2.24) is 8.87 Å². The Morgan fingerprint density at radius 1 is 1.20 bits per heavy atom. The molecule has 0 unspecified atom stereocenters. The summed E-state index contributed by atoms with van der Waals surface area (Å²) in [5.74, 6) is 1.10. The van der Waals surface area contributed by atoms with Crippen LogP contribution < -0.4 is 5.56 Å². The molecular weight excluding hydrogens is 340 g/mol. The average Bonchev–Trinajstić information content (AvgIpc) is 3.10. The fourth-order valence-electron chi connectivity index (χ4n) is 4.23. The summed E-state index contributed by atoms with van der Waals surface area (Å²) in [6, 6.07) is 7.07. The normalized spacial score (nSPS) is 23.4. The molecule has 2 aliphatic heterocycles. The number of pyridine rings is 1. The molecule has 2 atom stereocenters. The third kappa shape index (κ3) is 2.85. The Bertz CT molecular complexity index is 930. The van der Waals surface area contributed by atoms with E-state index in [2.05, 4.69) is 0 Å². The second-order valence-corrected chi connectivity index (χ2v) is 9.08. The standard InChI is InChI=1S/C18H22N2O4S/c1-2-8-25(22,23)19-10-13-9-14(12-19)18-15(16-4-3-7-24-16)5-6-17(21)20(18)11-13/h3-7,13-14H,2,8-12H2,1H3/t13-,14-/m1/s1. The number of sulfonamides is 1. The highest BCUT2D eigenvalue weighted by Gasteiger charge is 2.40. The number of furan rings is 1. The van der Waals surface area contributed by atoms with Gasteiger partial charge in [0.25, 0.3) is 5.56 Å². The Hall–Kier alpha value is -1.86. The van der Waals surface area contributed by atoms with Crippen LogP contribution in [0.3, 0.4) is 0 Å². The van der Waals surface area contributed by atoms with E-state index in [1.807, 2.05) is 23.6 Å². The van der Waals surface area contributed by atoms with E-state index >= 15 is 0 Å². The van der Waals surface area contributed by atoms with Gasteiger partial charge in [-0.2, -0.15) is 0 Å². The zero-order valence-electron chi connectivity index (χ0n) is 14.2. The quantitative estimate of drug-likeness (QED) is 0.836. The maximum atomic E-state index is 12.5. The highest BCUT2D eigenvalue weighted by molar-refractivity contribution is 7.89. The molecule has 4 heterocycles. The minimum absolute atomic E-state index is 0.0214. The fraction of sp³-hybridized carbons (Fsp3) is 0.500. The Kier molecular flexibility index (Phi) is 4.08. The highest BCUT2D eigenvalue weighted by Crippen LogP contribution is 2.40. The molecule has 1 saturated heterocycles. The second-order valence-electron chi connectivity index (χ2n) is 6.99. The van der Waals surface area contributed by atoms with E-state index in [1.54, 1.807) is 22.7 Å². The summed E-state index contributed by atoms with van der Waals surface area (Å²) in [7, 11) is -3.23. The second kappa shape index (κ2) is 6.14. The van der Waals surface area contributed by atoms with Gasteiger partial charge >= 0.3 is 0 Å². The molecule has 2 bridgehead atoms. The van der Waals surface area contributed by atoms with E-state index in [0.29, 0.717) is 26.1 Å². The summed E-state index contributed by atoms with van der Waals surface area (Å²) in [6.07, 6.45) is 3.14. The van der Waals surface area contributed by atoms with Gasteiger partial charge in [-0.15, -0.1) is 0 Å². The third-order valence-corrected chi connectivity index (χ3v) is 7.21. The van der Waals surface area contributed by atoms with E-state index in [-0.39, 0.29) is 23.1 Å². The first-order chi connectivity index (χ1) is 12.0. The first-order valence-corrected chi connectivity index (χ1v) is 10.4. The molecule has 4 rings (SSSR count). The average molecular weight is 362 g/mol. The van der Waals surface area contributed by atoms with Crippen LogP contribution in [0.1, 0.15) is 31.4 Å². The lowest BCUT2D eigenvalue weighted by molar-refractivity contribution is 0.186. The van der Waals surface area contributed by atoms with Gasteiger partial charge < -0.3 is 8.98 Å². The number of piperidine rings is 1. The van der Waals surface area contributed by atoms with Gasteiger partial charge in [-0.1, -0.05) is 6.92 Å². The summed E-state index contributed by atoms with van der Waals surface area (Å²) in [5, 5.41) is 0. The molecular formula is C18H22N2O4S. The van der Waals surface area contributed by atoms with Crippen molar-refractivity contribution in [2.24, 2.45) is 5.92 Å². The molecule has 0 N–H and O–H groups in total. The summed E-state index contributed by atoms with van der Waals surface area (Å²) >= 11 is 0. The van der Waals surface area contributed by atoms with Crippen LogP contribution in [0, 0.1) is 5.92 Å². The minimum Gasteiger partial charge on any atom is -0.464 e. The van der Waals surface area contributed by atoms with Crippen molar-refractivity contribution < 1.29 is 12.8 Å². The Morgan fingerprint density at radius 3 is 2.76 bits per heavy atom. The predicted octanol–water partition coefficient (Wildman–Crippen LogP) is 2.27. The van der Waals surface area contributed by atoms with Gasteiger partial charge in [0.15, 0.2) is 0 Å². The van der Waals surface area contributed by atoms with Crippen molar-refractivity contribution in [3.63, 3.8) is 0 Å². The Morgan fingerprint density at radius 2 is 2.04 bits per heavy atom. The zero-order chi connectivity index (χ0) is 17.6. The zero-order valence-corrected chi connectivity index (χ0v) is 15.0. The summed E-state index contributed by atoms with van der Waals surface area (Å²) in [4.78, 5) is 12.4. The maximum Gasteiger partial charge on any atom is 0.250 e. The first-order valence-electron chi connectivity index (χ1n) is 8.75. The van der Waals surface area contributed by atoms with Gasteiger partial charge in [0.05, 0.1) is 12.0 Å². The third-order valence-electron chi connectivity index (χ3n) is 5.20. The van der Waals surface area contributed by atoms with E-state index in [9.17, 15) is 13.2 Å². The van der Waals surface area contributed by atoms with E-state index < -0.39 is 10.0 Å². The van der Waals surface area contributed by atoms with Crippen molar-refractivity contribution in [1.29, 1.82) is 0 Å². The predicted molar refractivity (Wildman–Crippen MR) is 94.9 cm³/mol. The summed E-state index contributed by atoms with van der Waals surface area (Å²) in [5.41, 5.74) is 1.78. The van der Waals surface area contributed by atoms with Gasteiger partial charge in [0.1, 0.15) is 5.76 Å². The van der Waals surface area contributed by atoms with Crippen molar-refractivity contribution >= 4 is 10.0 Å². The van der Waals surface area contributed by atoms with Crippen LogP contribution in [0.2, 0.25) is 0 Å². The molecule has 0 aromatic carbocycles. The molecule has 25 heavy (non-hydrogen) atoms. The lowest BCUT2D eigenvalue weighted by atomic mass is 9.82. The van der Waals surface area contributed by atoms with Gasteiger partial charge in [0.2, 0.25) is 10.0 Å². The molecule has 7 heteroatoms. The lowest BCUT2D eigenvalue weighted by Gasteiger charge is -2.42. The molecule has 6 nitrogen and oxygen atoms in total. The van der Waals surface area contributed by atoms with Crippen LogP contribution in [0.5, 0.6) is 0 Å². The number of hydrogen-bond acceptors (Lipinski definition) is 4. The summed E-state index contributed by atoms with van der Waals surface area (Å²) in [6.45, 7) is 3.40. The van der Waals surface area contributed by atoms with Crippen molar-refractivity contribution in [2.75, 3.05) is 18.8 Å². The topological polar surface area (TPSA) is 72.5 Å². The SMILES string of the molecule is CCCS(=O)(=O)N1C[C@H]2C[C@H](C1)c1c(-c3ccco3)ccc(=O)n1C2. The largest absolute Gasteiger partial charge is 0.464 e. The minimum atomic E-state index is -3.23. The van der Waals surface area contributed by atoms with Gasteiger partial charge in [-0.25, -0.2) is 12.7 Å². The van der Waals surface area contributed by atoms with E-state index in [4.69, 9.17) is 4.42 Å². The number of aromatic nitrogens is 1. The van der Waals surface area contributed by atoms with Crippen LogP contribution >= 0.6 is 0 Å². The van der Waals surface area contributed by atoms with Crippen LogP contribution in [0.25, 0.3) is 11.3 Å². The molecule has 2 aromatic rings. The van der Waals surface area contributed by atoms with Crippen LogP contribution in [-0.2, 0) is 16.6 Å². The number of rotatable bonds is 4. The fourth-order valence-corrected chi connectivity index (χ4v) is 5.84. The van der Waals surface area contributed by atoms with Gasteiger partial charge in [0, 0.05) is 42.9 Å². The van der Waals surface area contributed by atoms with E-state index in [0.717, 1.165) is 23.4 Å². The molecule has 0 amide bonds. The van der Waals surface area contributed by atoms with Gasteiger partial charge in [-0.3, -0.25) is 4.79 Å². The molecule has 1 fully saturated rings.